The second kappa shape index (κ2) is 6.46. The van der Waals surface area contributed by atoms with Gasteiger partial charge in [-0.2, -0.15) is 4.90 Å². The first-order chi connectivity index (χ1) is 10.4. The van der Waals surface area contributed by atoms with Gasteiger partial charge in [-0.1, -0.05) is 36.4 Å². The minimum Gasteiger partial charge on any atom is -0.489 e. The third-order valence-corrected chi connectivity index (χ3v) is 2.75. The predicted molar refractivity (Wildman–Crippen MR) is 72.3 cm³/mol. The van der Waals surface area contributed by atoms with E-state index in [-0.39, 0.29) is 12.4 Å². The van der Waals surface area contributed by atoms with Gasteiger partial charge in [0.25, 0.3) is 0 Å². The van der Waals surface area contributed by atoms with Crippen molar-refractivity contribution in [3.8, 4) is 5.75 Å². The standard InChI is InChI=1S/C15H11F4NO2/c16-14(21)20(15(17,18)19)12-7-4-8-13(9-12)22-10-11-5-2-1-3-6-11/h1-9H,10H2. The van der Waals surface area contributed by atoms with Gasteiger partial charge in [0.05, 0.1) is 5.69 Å². The number of anilines is 1. The van der Waals surface area contributed by atoms with Crippen molar-refractivity contribution >= 4 is 11.8 Å². The van der Waals surface area contributed by atoms with Crippen molar-refractivity contribution in [2.75, 3.05) is 4.90 Å². The molecule has 7 heteroatoms. The molecule has 0 atom stereocenters. The molecule has 0 fully saturated rings. The Labute approximate surface area is 123 Å². The molecule has 1 amide bonds. The summed E-state index contributed by atoms with van der Waals surface area (Å²) in [5, 5.41) is 0. The van der Waals surface area contributed by atoms with Crippen molar-refractivity contribution in [2.45, 2.75) is 12.9 Å². The Morgan fingerprint density at radius 3 is 2.32 bits per heavy atom. The lowest BCUT2D eigenvalue weighted by Crippen LogP contribution is -2.40. The molecule has 0 spiro atoms. The first-order valence-corrected chi connectivity index (χ1v) is 6.21. The van der Waals surface area contributed by atoms with Crippen LogP contribution in [-0.2, 0) is 6.61 Å². The fraction of sp³-hybridized carbons (Fsp3) is 0.133. The van der Waals surface area contributed by atoms with Gasteiger partial charge < -0.3 is 4.74 Å². The maximum atomic E-state index is 12.7. The van der Waals surface area contributed by atoms with E-state index in [9.17, 15) is 22.4 Å². The highest BCUT2D eigenvalue weighted by Gasteiger charge is 2.42. The van der Waals surface area contributed by atoms with Crippen LogP contribution in [0.1, 0.15) is 5.56 Å². The summed E-state index contributed by atoms with van der Waals surface area (Å²) >= 11 is 0. The van der Waals surface area contributed by atoms with Gasteiger partial charge in [0, 0.05) is 6.07 Å². The molecule has 0 aliphatic rings. The number of carbonyl (C=O) groups is 1. The zero-order valence-electron chi connectivity index (χ0n) is 11.2. The van der Waals surface area contributed by atoms with Crippen LogP contribution in [0, 0.1) is 0 Å². The van der Waals surface area contributed by atoms with Crippen molar-refractivity contribution in [1.82, 2.24) is 0 Å². The lowest BCUT2D eigenvalue weighted by atomic mass is 10.2. The Morgan fingerprint density at radius 2 is 1.73 bits per heavy atom. The molecule has 116 valence electrons. The number of alkyl halides is 3. The Hall–Kier alpha value is -2.57. The summed E-state index contributed by atoms with van der Waals surface area (Å²) in [5.41, 5.74) is 0.174. The van der Waals surface area contributed by atoms with Gasteiger partial charge in [-0.05, 0) is 17.7 Å². The number of hydrogen-bond donors (Lipinski definition) is 0. The van der Waals surface area contributed by atoms with Crippen molar-refractivity contribution in [3.63, 3.8) is 0 Å². The average Bonchev–Trinajstić information content (AvgIpc) is 2.45. The summed E-state index contributed by atoms with van der Waals surface area (Å²) in [4.78, 5) is 9.69. The Morgan fingerprint density at radius 1 is 1.05 bits per heavy atom. The van der Waals surface area contributed by atoms with Crippen molar-refractivity contribution in [1.29, 1.82) is 0 Å². The van der Waals surface area contributed by atoms with Crippen LogP contribution >= 0.6 is 0 Å². The molecule has 0 saturated heterocycles. The number of carbonyl (C=O) groups excluding carboxylic acids is 1. The third kappa shape index (κ3) is 3.97. The molecule has 3 nitrogen and oxygen atoms in total. The number of halogens is 4. The topological polar surface area (TPSA) is 29.5 Å². The van der Waals surface area contributed by atoms with E-state index in [1.807, 2.05) is 6.07 Å². The van der Waals surface area contributed by atoms with Crippen LogP contribution in [0.2, 0.25) is 0 Å². The highest BCUT2D eigenvalue weighted by molar-refractivity contribution is 5.87. The zero-order valence-corrected chi connectivity index (χ0v) is 11.2. The number of benzene rings is 2. The van der Waals surface area contributed by atoms with E-state index in [0.717, 1.165) is 17.7 Å². The Bertz CT molecular complexity index is 643. The minimum absolute atomic E-state index is 0.0943. The molecule has 0 aliphatic heterocycles. The molecule has 2 aromatic rings. The van der Waals surface area contributed by atoms with Crippen LogP contribution < -0.4 is 9.64 Å². The first kappa shape index (κ1) is 15.8. The molecule has 0 unspecified atom stereocenters. The number of rotatable bonds is 4. The van der Waals surface area contributed by atoms with Gasteiger partial charge in [0.2, 0.25) is 0 Å². The van der Waals surface area contributed by atoms with Gasteiger partial charge in [0.15, 0.2) is 0 Å². The molecule has 0 radical (unpaired) electrons. The summed E-state index contributed by atoms with van der Waals surface area (Å²) in [7, 11) is 0. The van der Waals surface area contributed by atoms with E-state index in [1.54, 1.807) is 24.3 Å². The van der Waals surface area contributed by atoms with Gasteiger partial charge in [0.1, 0.15) is 12.4 Å². The number of amides is 1. The van der Waals surface area contributed by atoms with E-state index in [0.29, 0.717) is 0 Å². The average molecular weight is 313 g/mol. The largest absolute Gasteiger partial charge is 0.493 e. The summed E-state index contributed by atoms with van der Waals surface area (Å²) in [6, 6.07) is 13.6. The van der Waals surface area contributed by atoms with Crippen molar-refractivity contribution in [3.05, 3.63) is 60.2 Å². The molecule has 2 rings (SSSR count). The molecule has 0 aliphatic carbocycles. The van der Waals surface area contributed by atoms with E-state index in [2.05, 4.69) is 0 Å². The molecular weight excluding hydrogens is 302 g/mol. The lowest BCUT2D eigenvalue weighted by Gasteiger charge is -2.21. The summed E-state index contributed by atoms with van der Waals surface area (Å²) in [6.45, 7) is 0.139. The maximum absolute atomic E-state index is 12.7. The molecule has 22 heavy (non-hydrogen) atoms. The van der Waals surface area contributed by atoms with Crippen LogP contribution in [0.3, 0.4) is 0 Å². The van der Waals surface area contributed by atoms with Gasteiger partial charge in [-0.15, -0.1) is 17.6 Å². The lowest BCUT2D eigenvalue weighted by molar-refractivity contribution is -0.122. The van der Waals surface area contributed by atoms with Crippen molar-refractivity contribution in [2.24, 2.45) is 0 Å². The van der Waals surface area contributed by atoms with E-state index < -0.39 is 23.0 Å². The number of nitrogens with zero attached hydrogens (tertiary/aromatic N) is 1. The zero-order chi connectivity index (χ0) is 16.2. The van der Waals surface area contributed by atoms with E-state index >= 15 is 0 Å². The number of ether oxygens (including phenoxy) is 1. The fourth-order valence-electron chi connectivity index (χ4n) is 1.80. The summed E-state index contributed by atoms with van der Waals surface area (Å²) in [6.07, 6.45) is -7.75. The number of hydrogen-bond acceptors (Lipinski definition) is 2. The van der Waals surface area contributed by atoms with E-state index in [1.165, 1.54) is 12.1 Å². The first-order valence-electron chi connectivity index (χ1n) is 6.21. The Balaban J connectivity index is 2.17. The second-order valence-electron chi connectivity index (χ2n) is 4.33. The maximum Gasteiger partial charge on any atom is 0.493 e. The second-order valence-corrected chi connectivity index (χ2v) is 4.33. The van der Waals surface area contributed by atoms with Gasteiger partial charge in [-0.3, -0.25) is 0 Å². The fourth-order valence-corrected chi connectivity index (χ4v) is 1.80. The molecular formula is C15H11F4NO2. The quantitative estimate of drug-likeness (QED) is 0.466. The molecule has 0 N–H and O–H groups in total. The predicted octanol–water partition coefficient (Wildman–Crippen LogP) is 4.68. The van der Waals surface area contributed by atoms with Crippen LogP contribution in [0.4, 0.5) is 28.0 Å². The molecule has 0 saturated carbocycles. The van der Waals surface area contributed by atoms with Crippen LogP contribution in [0.5, 0.6) is 5.75 Å². The van der Waals surface area contributed by atoms with Gasteiger partial charge in [-0.25, -0.2) is 4.79 Å². The van der Waals surface area contributed by atoms with E-state index in [4.69, 9.17) is 4.74 Å². The van der Waals surface area contributed by atoms with Crippen LogP contribution in [-0.4, -0.2) is 12.5 Å². The SMILES string of the molecule is O=C(F)N(c1cccc(OCc2ccccc2)c1)C(F)(F)F. The highest BCUT2D eigenvalue weighted by atomic mass is 19.4. The Kier molecular flexibility index (Phi) is 4.65. The van der Waals surface area contributed by atoms with Crippen LogP contribution in [0.25, 0.3) is 0 Å². The normalized spacial score (nSPS) is 11.1. The minimum atomic E-state index is -5.15. The molecule has 2 aromatic carbocycles. The smallest absolute Gasteiger partial charge is 0.489 e. The molecule has 0 heterocycles. The monoisotopic (exact) mass is 313 g/mol. The summed E-state index contributed by atoms with van der Waals surface area (Å²) < 4.78 is 56.0. The van der Waals surface area contributed by atoms with Crippen molar-refractivity contribution < 1.29 is 27.1 Å². The molecule has 0 aromatic heterocycles. The van der Waals surface area contributed by atoms with Gasteiger partial charge >= 0.3 is 12.5 Å². The molecule has 0 bridgehead atoms. The van der Waals surface area contributed by atoms with Crippen LogP contribution in [0.15, 0.2) is 54.6 Å². The highest BCUT2D eigenvalue weighted by Crippen LogP contribution is 2.31. The third-order valence-electron chi connectivity index (χ3n) is 2.75. The summed E-state index contributed by atoms with van der Waals surface area (Å²) in [5.74, 6) is 0.0943.